The molecule has 148 valence electrons. The number of benzene rings is 1. The van der Waals surface area contributed by atoms with Crippen molar-refractivity contribution >= 4 is 74.3 Å². The number of nitrogens with zero attached hydrogens (tertiary/aromatic N) is 2. The summed E-state index contributed by atoms with van der Waals surface area (Å²) in [5.41, 5.74) is 1.27. The van der Waals surface area contributed by atoms with Gasteiger partial charge in [0.2, 0.25) is 0 Å². The standard InChI is InChI=1S/C20H14I2N2O4S/c1-3-28-20(27)19-10(2)13(9-24)17(29-19)7-16(25)12(8-23)4-11-5-14(21)18(26)15(22)6-11/h4-6,26H,3,7H2,1-2H3. The second kappa shape index (κ2) is 10.2. The van der Waals surface area contributed by atoms with Crippen LogP contribution >= 0.6 is 56.5 Å². The fourth-order valence-corrected chi connectivity index (χ4v) is 5.45. The largest absolute Gasteiger partial charge is 0.506 e. The van der Waals surface area contributed by atoms with Gasteiger partial charge in [0.1, 0.15) is 22.8 Å². The number of nitriles is 2. The number of carbonyl (C=O) groups is 2. The Labute approximate surface area is 199 Å². The van der Waals surface area contributed by atoms with Crippen molar-refractivity contribution < 1.29 is 19.4 Å². The van der Waals surface area contributed by atoms with Gasteiger partial charge in [-0.2, -0.15) is 10.5 Å². The molecule has 0 aliphatic rings. The maximum atomic E-state index is 12.7. The van der Waals surface area contributed by atoms with Crippen LogP contribution in [0.15, 0.2) is 17.7 Å². The summed E-state index contributed by atoms with van der Waals surface area (Å²) < 4.78 is 6.20. The van der Waals surface area contributed by atoms with Gasteiger partial charge >= 0.3 is 5.97 Å². The molecule has 0 unspecified atom stereocenters. The monoisotopic (exact) mass is 632 g/mol. The van der Waals surface area contributed by atoms with E-state index in [-0.39, 0.29) is 34.8 Å². The Kier molecular flexibility index (Phi) is 8.19. The minimum Gasteiger partial charge on any atom is -0.506 e. The highest BCUT2D eigenvalue weighted by Crippen LogP contribution is 2.31. The highest BCUT2D eigenvalue weighted by Gasteiger charge is 2.23. The lowest BCUT2D eigenvalue weighted by Gasteiger charge is -2.04. The van der Waals surface area contributed by atoms with Crippen LogP contribution in [-0.2, 0) is 16.0 Å². The molecule has 0 aliphatic heterocycles. The normalized spacial score (nSPS) is 10.9. The SMILES string of the molecule is CCOC(=O)c1sc(CC(=O)C(C#N)=Cc2cc(I)c(O)c(I)c2)c(C#N)c1C. The Bertz CT molecular complexity index is 1080. The van der Waals surface area contributed by atoms with E-state index in [0.717, 1.165) is 11.3 Å². The average molecular weight is 632 g/mol. The van der Waals surface area contributed by atoms with Gasteiger partial charge in [-0.3, -0.25) is 4.79 Å². The predicted molar refractivity (Wildman–Crippen MR) is 126 cm³/mol. The van der Waals surface area contributed by atoms with Crippen molar-refractivity contribution in [2.24, 2.45) is 0 Å². The Morgan fingerprint density at radius 3 is 2.41 bits per heavy atom. The second-order valence-corrected chi connectivity index (χ2v) is 9.22. The number of hydrogen-bond donors (Lipinski definition) is 1. The summed E-state index contributed by atoms with van der Waals surface area (Å²) in [6, 6.07) is 7.26. The number of aromatic hydroxyl groups is 1. The van der Waals surface area contributed by atoms with E-state index >= 15 is 0 Å². The Balaban J connectivity index is 2.38. The van der Waals surface area contributed by atoms with E-state index in [1.54, 1.807) is 26.0 Å². The third-order valence-corrected chi connectivity index (χ3v) is 6.80. The topological polar surface area (TPSA) is 111 Å². The second-order valence-electron chi connectivity index (χ2n) is 5.79. The molecule has 9 heteroatoms. The maximum absolute atomic E-state index is 12.7. The first-order chi connectivity index (χ1) is 13.7. The molecule has 0 amide bonds. The molecule has 2 aromatic rings. The number of ketones is 1. The summed E-state index contributed by atoms with van der Waals surface area (Å²) in [4.78, 5) is 25.5. The number of phenolic OH excluding ortho intramolecular Hbond substituents is 1. The summed E-state index contributed by atoms with van der Waals surface area (Å²) in [6.45, 7) is 3.53. The number of esters is 1. The molecule has 0 fully saturated rings. The van der Waals surface area contributed by atoms with Crippen molar-refractivity contribution in [3.05, 3.63) is 51.3 Å². The third-order valence-electron chi connectivity index (χ3n) is 3.88. The van der Waals surface area contributed by atoms with Crippen molar-refractivity contribution in [1.82, 2.24) is 0 Å². The van der Waals surface area contributed by atoms with Crippen LogP contribution < -0.4 is 0 Å². The average Bonchev–Trinajstić information content (AvgIpc) is 2.99. The Hall–Kier alpha value is -1.96. The first-order valence-electron chi connectivity index (χ1n) is 8.25. The summed E-state index contributed by atoms with van der Waals surface area (Å²) in [6.07, 6.45) is 1.28. The molecule has 0 atom stereocenters. The van der Waals surface area contributed by atoms with E-state index in [0.29, 0.717) is 23.1 Å². The van der Waals surface area contributed by atoms with Gasteiger partial charge in [-0.05, 0) is 88.4 Å². The van der Waals surface area contributed by atoms with Crippen LogP contribution in [0.4, 0.5) is 0 Å². The quantitative estimate of drug-likeness (QED) is 0.213. The van der Waals surface area contributed by atoms with Crippen molar-refractivity contribution in [2.45, 2.75) is 20.3 Å². The molecule has 1 heterocycles. The van der Waals surface area contributed by atoms with Crippen LogP contribution in [0.25, 0.3) is 6.08 Å². The molecule has 2 rings (SSSR count). The zero-order valence-corrected chi connectivity index (χ0v) is 20.5. The molecule has 29 heavy (non-hydrogen) atoms. The van der Waals surface area contributed by atoms with Gasteiger partial charge in [-0.25, -0.2) is 4.79 Å². The molecule has 0 bridgehead atoms. The van der Waals surface area contributed by atoms with Crippen molar-refractivity contribution in [3.8, 4) is 17.9 Å². The van der Waals surface area contributed by atoms with Gasteiger partial charge in [0.15, 0.2) is 5.78 Å². The van der Waals surface area contributed by atoms with E-state index in [2.05, 4.69) is 0 Å². The fraction of sp³-hybridized carbons (Fsp3) is 0.200. The molecular formula is C20H14I2N2O4S. The van der Waals surface area contributed by atoms with Gasteiger partial charge in [-0.1, -0.05) is 0 Å². The van der Waals surface area contributed by atoms with Gasteiger partial charge in [0.05, 0.1) is 24.9 Å². The maximum Gasteiger partial charge on any atom is 0.348 e. The molecule has 1 aromatic carbocycles. The van der Waals surface area contributed by atoms with Crippen LogP contribution in [0.3, 0.4) is 0 Å². The molecule has 6 nitrogen and oxygen atoms in total. The highest BCUT2D eigenvalue weighted by molar-refractivity contribution is 14.1. The van der Waals surface area contributed by atoms with Gasteiger partial charge in [0, 0.05) is 11.3 Å². The zero-order chi connectivity index (χ0) is 21.7. The molecule has 1 N–H and O–H groups in total. The van der Waals surface area contributed by atoms with E-state index in [1.807, 2.05) is 57.3 Å². The number of halogens is 2. The summed E-state index contributed by atoms with van der Waals surface area (Å²) in [7, 11) is 0. The van der Waals surface area contributed by atoms with Crippen molar-refractivity contribution in [1.29, 1.82) is 10.5 Å². The van der Waals surface area contributed by atoms with E-state index < -0.39 is 11.8 Å². The first-order valence-corrected chi connectivity index (χ1v) is 11.2. The van der Waals surface area contributed by atoms with Crippen molar-refractivity contribution in [2.75, 3.05) is 6.61 Å². The van der Waals surface area contributed by atoms with E-state index in [9.17, 15) is 25.2 Å². The lowest BCUT2D eigenvalue weighted by molar-refractivity contribution is -0.114. The molecule has 0 radical (unpaired) electrons. The lowest BCUT2D eigenvalue weighted by atomic mass is 10.0. The van der Waals surface area contributed by atoms with Crippen LogP contribution in [0.1, 0.15) is 38.2 Å². The molecular weight excluding hydrogens is 618 g/mol. The molecule has 0 spiro atoms. The van der Waals surface area contributed by atoms with Crippen LogP contribution in [-0.4, -0.2) is 23.5 Å². The number of allylic oxidation sites excluding steroid dienone is 1. The van der Waals surface area contributed by atoms with Gasteiger partial charge < -0.3 is 9.84 Å². The third kappa shape index (κ3) is 5.35. The number of ether oxygens (including phenoxy) is 1. The first kappa shape index (κ1) is 23.3. The number of phenols is 1. The molecule has 1 aromatic heterocycles. The van der Waals surface area contributed by atoms with E-state index in [4.69, 9.17) is 4.74 Å². The number of thiophene rings is 1. The number of carbonyl (C=O) groups excluding carboxylic acids is 2. The van der Waals surface area contributed by atoms with Crippen LogP contribution in [0.5, 0.6) is 5.75 Å². The molecule has 0 saturated carbocycles. The number of Topliss-reactive ketones (excluding diaryl/α,β-unsaturated/α-hetero) is 1. The fourth-order valence-electron chi connectivity index (χ4n) is 2.49. The minimum atomic E-state index is -0.533. The van der Waals surface area contributed by atoms with Gasteiger partial charge in [0.25, 0.3) is 0 Å². The smallest absolute Gasteiger partial charge is 0.348 e. The number of hydrogen-bond acceptors (Lipinski definition) is 7. The summed E-state index contributed by atoms with van der Waals surface area (Å²) >= 11 is 4.98. The van der Waals surface area contributed by atoms with Crippen molar-refractivity contribution in [3.63, 3.8) is 0 Å². The lowest BCUT2D eigenvalue weighted by Crippen LogP contribution is -2.05. The van der Waals surface area contributed by atoms with Crippen LogP contribution in [0, 0.1) is 36.7 Å². The van der Waals surface area contributed by atoms with E-state index in [1.165, 1.54) is 6.08 Å². The summed E-state index contributed by atoms with van der Waals surface area (Å²) in [5.74, 6) is -0.847. The molecule has 0 aliphatic carbocycles. The highest BCUT2D eigenvalue weighted by atomic mass is 127. The number of rotatable bonds is 6. The predicted octanol–water partition coefficient (Wildman–Crippen LogP) is 4.74. The zero-order valence-electron chi connectivity index (χ0n) is 15.4. The summed E-state index contributed by atoms with van der Waals surface area (Å²) in [5, 5.41) is 28.7. The van der Waals surface area contributed by atoms with Gasteiger partial charge in [-0.15, -0.1) is 11.3 Å². The Morgan fingerprint density at radius 1 is 1.28 bits per heavy atom. The molecule has 0 saturated heterocycles. The van der Waals surface area contributed by atoms with Crippen LogP contribution in [0.2, 0.25) is 0 Å². The minimum absolute atomic E-state index is 0.0742. The Morgan fingerprint density at radius 2 is 1.90 bits per heavy atom.